The summed E-state index contributed by atoms with van der Waals surface area (Å²) in [6, 6.07) is 4.18. The van der Waals surface area contributed by atoms with Crippen LogP contribution in [0.15, 0.2) is 30.6 Å². The highest BCUT2D eigenvalue weighted by molar-refractivity contribution is 14.1. The zero-order chi connectivity index (χ0) is 14.7. The molecule has 0 bridgehead atoms. The molecule has 2 rings (SSSR count). The molecule has 1 aromatic carbocycles. The van der Waals surface area contributed by atoms with E-state index >= 15 is 0 Å². The van der Waals surface area contributed by atoms with Gasteiger partial charge in [-0.25, -0.2) is 14.4 Å². The first-order valence-corrected chi connectivity index (χ1v) is 7.13. The van der Waals surface area contributed by atoms with Crippen molar-refractivity contribution in [2.75, 3.05) is 5.32 Å². The molecule has 104 valence electrons. The van der Waals surface area contributed by atoms with Crippen molar-refractivity contribution in [3.63, 3.8) is 0 Å². The van der Waals surface area contributed by atoms with E-state index in [9.17, 15) is 9.18 Å². The van der Waals surface area contributed by atoms with Gasteiger partial charge in [0.05, 0.1) is 11.3 Å². The third-order valence-corrected chi connectivity index (χ3v) is 3.52. The lowest BCUT2D eigenvalue weighted by Crippen LogP contribution is -2.14. The number of nitrogens with zero attached hydrogens (tertiary/aromatic N) is 2. The molecular weight excluding hydrogens is 372 g/mol. The number of halogens is 2. The minimum atomic E-state index is -0.336. The molecule has 1 N–H and O–H groups in total. The second-order valence-corrected chi connectivity index (χ2v) is 5.73. The maximum atomic E-state index is 13.0. The molecule has 20 heavy (non-hydrogen) atoms. The fourth-order valence-corrected chi connectivity index (χ4v) is 2.15. The van der Waals surface area contributed by atoms with Gasteiger partial charge in [-0.1, -0.05) is 13.8 Å². The summed E-state index contributed by atoms with van der Waals surface area (Å²) in [5.41, 5.74) is 0.930. The van der Waals surface area contributed by atoms with Crippen LogP contribution < -0.4 is 5.32 Å². The first kappa shape index (κ1) is 14.8. The van der Waals surface area contributed by atoms with Crippen LogP contribution >= 0.6 is 22.6 Å². The molecule has 0 aliphatic heterocycles. The minimum Gasteiger partial charge on any atom is -0.321 e. The molecule has 1 amide bonds. The summed E-state index contributed by atoms with van der Waals surface area (Å²) in [7, 11) is 0. The fraction of sp³-hybridized carbons (Fsp3) is 0.214. The summed E-state index contributed by atoms with van der Waals surface area (Å²) in [5, 5.41) is 2.71. The molecular formula is C14H13FIN3O. The number of anilines is 1. The third kappa shape index (κ3) is 3.50. The summed E-state index contributed by atoms with van der Waals surface area (Å²) in [4.78, 5) is 20.3. The highest BCUT2D eigenvalue weighted by Gasteiger charge is 2.11. The molecule has 1 aromatic heterocycles. The average molecular weight is 385 g/mol. The molecule has 1 heterocycles. The number of carbonyl (C=O) groups is 1. The Morgan fingerprint density at radius 1 is 1.30 bits per heavy atom. The number of hydrogen-bond donors (Lipinski definition) is 1. The zero-order valence-corrected chi connectivity index (χ0v) is 13.2. The second kappa shape index (κ2) is 6.25. The van der Waals surface area contributed by atoms with Crippen molar-refractivity contribution in [2.45, 2.75) is 19.8 Å². The Kier molecular flexibility index (Phi) is 4.64. The molecule has 0 fully saturated rings. The van der Waals surface area contributed by atoms with Crippen molar-refractivity contribution in [3.8, 4) is 0 Å². The zero-order valence-electron chi connectivity index (χ0n) is 11.0. The van der Waals surface area contributed by atoms with Crippen LogP contribution in [0.1, 0.15) is 35.9 Å². The van der Waals surface area contributed by atoms with Gasteiger partial charge in [-0.2, -0.15) is 0 Å². The Hall–Kier alpha value is -1.57. The molecule has 0 saturated heterocycles. The summed E-state index contributed by atoms with van der Waals surface area (Å²) < 4.78 is 13.6. The van der Waals surface area contributed by atoms with Crippen LogP contribution in [0.3, 0.4) is 0 Å². The normalized spacial score (nSPS) is 10.7. The highest BCUT2D eigenvalue weighted by Crippen LogP contribution is 2.19. The average Bonchev–Trinajstić information content (AvgIpc) is 2.42. The molecule has 0 radical (unpaired) electrons. The van der Waals surface area contributed by atoms with Crippen LogP contribution in [-0.2, 0) is 0 Å². The molecule has 4 nitrogen and oxygen atoms in total. The Balaban J connectivity index is 2.15. The van der Waals surface area contributed by atoms with Gasteiger partial charge < -0.3 is 5.32 Å². The van der Waals surface area contributed by atoms with Crippen LogP contribution in [0.2, 0.25) is 0 Å². The van der Waals surface area contributed by atoms with Gasteiger partial charge in [0.25, 0.3) is 5.91 Å². The number of amides is 1. The molecule has 6 heteroatoms. The van der Waals surface area contributed by atoms with Gasteiger partial charge in [-0.3, -0.25) is 4.79 Å². The van der Waals surface area contributed by atoms with E-state index in [2.05, 4.69) is 15.3 Å². The van der Waals surface area contributed by atoms with Crippen LogP contribution in [-0.4, -0.2) is 15.9 Å². The Morgan fingerprint density at radius 2 is 1.95 bits per heavy atom. The van der Waals surface area contributed by atoms with Crippen molar-refractivity contribution in [2.24, 2.45) is 0 Å². The van der Waals surface area contributed by atoms with E-state index < -0.39 is 0 Å². The number of benzene rings is 1. The van der Waals surface area contributed by atoms with Crippen LogP contribution in [0.25, 0.3) is 0 Å². The quantitative estimate of drug-likeness (QED) is 0.822. The van der Waals surface area contributed by atoms with Crippen LogP contribution in [0.4, 0.5) is 10.1 Å². The van der Waals surface area contributed by atoms with E-state index in [0.29, 0.717) is 20.6 Å². The summed E-state index contributed by atoms with van der Waals surface area (Å²) in [5.74, 6) is 0.255. The van der Waals surface area contributed by atoms with Crippen molar-refractivity contribution in [1.82, 2.24) is 9.97 Å². The van der Waals surface area contributed by atoms with Crippen LogP contribution in [0.5, 0.6) is 0 Å². The number of aromatic nitrogens is 2. The van der Waals surface area contributed by atoms with Gasteiger partial charge >= 0.3 is 0 Å². The van der Waals surface area contributed by atoms with E-state index in [-0.39, 0.29) is 17.6 Å². The molecule has 0 spiro atoms. The molecule has 0 unspecified atom stereocenters. The lowest BCUT2D eigenvalue weighted by atomic mass is 10.2. The number of carbonyl (C=O) groups excluding carboxylic acids is 1. The Labute approximate surface area is 130 Å². The summed E-state index contributed by atoms with van der Waals surface area (Å²) in [6.45, 7) is 3.96. The van der Waals surface area contributed by atoms with E-state index in [1.54, 1.807) is 0 Å². The van der Waals surface area contributed by atoms with Gasteiger partial charge in [0.1, 0.15) is 11.6 Å². The van der Waals surface area contributed by atoms with E-state index in [0.717, 1.165) is 0 Å². The highest BCUT2D eigenvalue weighted by atomic mass is 127. The fourth-order valence-electron chi connectivity index (χ4n) is 1.54. The Bertz CT molecular complexity index is 629. The van der Waals surface area contributed by atoms with Crippen molar-refractivity contribution in [1.29, 1.82) is 0 Å². The maximum absolute atomic E-state index is 13.0. The molecule has 0 aliphatic carbocycles. The topological polar surface area (TPSA) is 54.9 Å². The first-order chi connectivity index (χ1) is 9.47. The number of rotatable bonds is 3. The molecule has 0 saturated carbocycles. The first-order valence-electron chi connectivity index (χ1n) is 6.05. The van der Waals surface area contributed by atoms with Gasteiger partial charge in [0.2, 0.25) is 0 Å². The van der Waals surface area contributed by atoms with Gasteiger partial charge in [-0.15, -0.1) is 0 Å². The third-order valence-electron chi connectivity index (χ3n) is 2.63. The number of nitrogens with one attached hydrogen (secondary N) is 1. The van der Waals surface area contributed by atoms with Gasteiger partial charge in [-0.05, 0) is 40.8 Å². The maximum Gasteiger partial charge on any atom is 0.258 e. The molecule has 0 atom stereocenters. The number of hydrogen-bond acceptors (Lipinski definition) is 3. The van der Waals surface area contributed by atoms with Crippen LogP contribution in [0, 0.1) is 9.39 Å². The molecule has 0 aliphatic rings. The standard InChI is InChI=1S/C14H13FIN3O/c1-8(2)13-17-6-9(7-18-13)14(20)19-12-4-3-10(15)5-11(12)16/h3-8H,1-2H3,(H,19,20). The van der Waals surface area contributed by atoms with Gasteiger partial charge in [0, 0.05) is 21.9 Å². The summed E-state index contributed by atoms with van der Waals surface area (Å²) >= 11 is 1.97. The Morgan fingerprint density at radius 3 is 2.50 bits per heavy atom. The predicted molar refractivity (Wildman–Crippen MR) is 83.2 cm³/mol. The monoisotopic (exact) mass is 385 g/mol. The smallest absolute Gasteiger partial charge is 0.258 e. The minimum absolute atomic E-state index is 0.213. The van der Waals surface area contributed by atoms with E-state index in [4.69, 9.17) is 0 Å². The van der Waals surface area contributed by atoms with Crippen molar-refractivity contribution < 1.29 is 9.18 Å². The lowest BCUT2D eigenvalue weighted by Gasteiger charge is -2.08. The second-order valence-electron chi connectivity index (χ2n) is 4.56. The summed E-state index contributed by atoms with van der Waals surface area (Å²) in [6.07, 6.45) is 2.99. The van der Waals surface area contributed by atoms with Crippen molar-refractivity contribution >= 4 is 34.2 Å². The van der Waals surface area contributed by atoms with Crippen molar-refractivity contribution in [3.05, 3.63) is 51.4 Å². The SMILES string of the molecule is CC(C)c1ncc(C(=O)Nc2ccc(F)cc2I)cn1. The van der Waals surface area contributed by atoms with E-state index in [1.165, 1.54) is 30.6 Å². The van der Waals surface area contributed by atoms with E-state index in [1.807, 2.05) is 36.4 Å². The van der Waals surface area contributed by atoms with Gasteiger partial charge in [0.15, 0.2) is 0 Å². The predicted octanol–water partition coefficient (Wildman–Crippen LogP) is 3.60. The lowest BCUT2D eigenvalue weighted by molar-refractivity contribution is 0.102. The largest absolute Gasteiger partial charge is 0.321 e. The molecule has 2 aromatic rings.